The van der Waals surface area contributed by atoms with Crippen molar-refractivity contribution in [2.24, 2.45) is 5.92 Å². The summed E-state index contributed by atoms with van der Waals surface area (Å²) in [6.07, 6.45) is -1.88. The highest BCUT2D eigenvalue weighted by Gasteiger charge is 2.33. The highest BCUT2D eigenvalue weighted by atomic mass is 32.2. The van der Waals surface area contributed by atoms with Crippen LogP contribution in [0.15, 0.2) is 48.5 Å². The maximum Gasteiger partial charge on any atom is 0.416 e. The van der Waals surface area contributed by atoms with E-state index in [0.29, 0.717) is 17.5 Å². The van der Waals surface area contributed by atoms with E-state index >= 15 is 0 Å². The third-order valence-electron chi connectivity index (χ3n) is 4.68. The zero-order chi connectivity index (χ0) is 25.5. The van der Waals surface area contributed by atoms with Crippen LogP contribution in [0.4, 0.5) is 18.9 Å². The Balaban J connectivity index is 2.42. The van der Waals surface area contributed by atoms with Crippen molar-refractivity contribution in [1.82, 2.24) is 0 Å². The number of hydrogen-bond donors (Lipinski definition) is 1. The predicted molar refractivity (Wildman–Crippen MR) is 125 cm³/mol. The fourth-order valence-corrected chi connectivity index (χ4v) is 4.84. The van der Waals surface area contributed by atoms with Gasteiger partial charge in [0, 0.05) is 12.6 Å². The summed E-state index contributed by atoms with van der Waals surface area (Å²) in [7, 11) is -3.78. The lowest BCUT2D eigenvalue weighted by Crippen LogP contribution is -2.36. The lowest BCUT2D eigenvalue weighted by molar-refractivity contribution is -0.137. The maximum absolute atomic E-state index is 13.4. The number of ether oxygens (including phenoxy) is 1. The highest BCUT2D eigenvalue weighted by Crippen LogP contribution is 2.38. The summed E-state index contributed by atoms with van der Waals surface area (Å²) in [6.45, 7) is 5.33. The molecule has 0 aromatic heterocycles. The average Bonchev–Trinajstić information content (AvgIpc) is 2.74. The number of hydrogen-bond acceptors (Lipinski definition) is 4. The molecule has 0 radical (unpaired) electrons. The molecule has 0 amide bonds. The van der Waals surface area contributed by atoms with Crippen molar-refractivity contribution in [2.75, 3.05) is 16.6 Å². The Morgan fingerprint density at radius 3 is 2.32 bits per heavy atom. The molecule has 0 unspecified atom stereocenters. The summed E-state index contributed by atoms with van der Waals surface area (Å²) >= 11 is 0. The molecule has 34 heavy (non-hydrogen) atoms. The van der Waals surface area contributed by atoms with Crippen LogP contribution < -0.4 is 9.04 Å². The molecule has 0 aliphatic carbocycles. The molecule has 10 heteroatoms. The molecule has 1 N–H and O–H groups in total. The van der Waals surface area contributed by atoms with Gasteiger partial charge in [-0.15, -0.1) is 0 Å². The largest absolute Gasteiger partial charge is 0.487 e. The quantitative estimate of drug-likeness (QED) is 0.408. The zero-order valence-electron chi connectivity index (χ0n) is 19.2. The number of rotatable bonds is 11. The van der Waals surface area contributed by atoms with E-state index in [2.05, 4.69) is 0 Å². The van der Waals surface area contributed by atoms with Gasteiger partial charge in [-0.25, -0.2) is 13.2 Å². The van der Waals surface area contributed by atoms with Crippen molar-refractivity contribution in [3.63, 3.8) is 0 Å². The smallest absolute Gasteiger partial charge is 0.416 e. The minimum absolute atomic E-state index is 0.0520. The Kier molecular flexibility index (Phi) is 9.14. The van der Waals surface area contributed by atoms with E-state index in [1.165, 1.54) is 6.08 Å². The molecule has 186 valence electrons. The number of halogens is 3. The van der Waals surface area contributed by atoms with Gasteiger partial charge in [0.25, 0.3) is 0 Å². The third-order valence-corrected chi connectivity index (χ3v) is 6.62. The molecule has 0 aliphatic heterocycles. The molecular weight excluding hydrogens is 471 g/mol. The molecule has 0 saturated heterocycles. The van der Waals surface area contributed by atoms with Crippen LogP contribution in [-0.2, 0) is 27.6 Å². The topological polar surface area (TPSA) is 83.9 Å². The maximum atomic E-state index is 13.4. The van der Waals surface area contributed by atoms with Gasteiger partial charge in [0.2, 0.25) is 10.0 Å². The molecule has 0 bridgehead atoms. The third kappa shape index (κ3) is 7.79. The number of carboxylic acids is 1. The molecule has 0 aliphatic rings. The van der Waals surface area contributed by atoms with E-state index in [4.69, 9.17) is 9.84 Å². The van der Waals surface area contributed by atoms with Gasteiger partial charge in [-0.3, -0.25) is 4.31 Å². The summed E-state index contributed by atoms with van der Waals surface area (Å²) in [5.74, 6) is -1.50. The van der Waals surface area contributed by atoms with Gasteiger partial charge < -0.3 is 9.84 Å². The van der Waals surface area contributed by atoms with Crippen LogP contribution >= 0.6 is 0 Å². The lowest BCUT2D eigenvalue weighted by atomic mass is 10.1. The van der Waals surface area contributed by atoms with Crippen LogP contribution in [0.1, 0.15) is 43.9 Å². The highest BCUT2D eigenvalue weighted by molar-refractivity contribution is 7.92. The van der Waals surface area contributed by atoms with Crippen LogP contribution in [0, 0.1) is 5.92 Å². The number of carbonyl (C=O) groups is 1. The molecule has 2 aromatic carbocycles. The van der Waals surface area contributed by atoms with Crippen LogP contribution in [-0.4, -0.2) is 31.8 Å². The molecule has 2 aromatic rings. The lowest BCUT2D eigenvalue weighted by Gasteiger charge is -2.28. The summed E-state index contributed by atoms with van der Waals surface area (Å²) in [6, 6.07) is 9.37. The Labute approximate surface area is 197 Å². The number of alkyl halides is 3. The molecular formula is C24H28F3NO5S. The second kappa shape index (κ2) is 11.4. The van der Waals surface area contributed by atoms with E-state index in [1.807, 2.05) is 13.8 Å². The van der Waals surface area contributed by atoms with Gasteiger partial charge in [0.15, 0.2) is 0 Å². The number of anilines is 1. The van der Waals surface area contributed by atoms with Crippen molar-refractivity contribution >= 4 is 27.8 Å². The number of aliphatic carboxylic acids is 1. The number of carboxylic acid groups (broad SMARTS) is 1. The van der Waals surface area contributed by atoms with Crippen molar-refractivity contribution in [1.29, 1.82) is 0 Å². The molecule has 6 nitrogen and oxygen atoms in total. The van der Waals surface area contributed by atoms with Crippen LogP contribution in [0.5, 0.6) is 5.75 Å². The normalized spacial score (nSPS) is 12.3. The van der Waals surface area contributed by atoms with Gasteiger partial charge in [0.05, 0.1) is 17.0 Å². The van der Waals surface area contributed by atoms with Gasteiger partial charge >= 0.3 is 12.1 Å². The van der Waals surface area contributed by atoms with E-state index in [-0.39, 0.29) is 36.3 Å². The first-order valence-corrected chi connectivity index (χ1v) is 12.3. The van der Waals surface area contributed by atoms with Crippen molar-refractivity contribution in [3.05, 3.63) is 65.2 Å². The first-order chi connectivity index (χ1) is 15.8. The van der Waals surface area contributed by atoms with Gasteiger partial charge in [-0.1, -0.05) is 45.0 Å². The van der Waals surface area contributed by atoms with E-state index in [1.54, 1.807) is 31.2 Å². The minimum atomic E-state index is -4.63. The Morgan fingerprint density at radius 2 is 1.79 bits per heavy atom. The monoisotopic (exact) mass is 499 g/mol. The van der Waals surface area contributed by atoms with Gasteiger partial charge in [-0.05, 0) is 47.7 Å². The zero-order valence-corrected chi connectivity index (χ0v) is 20.0. The molecule has 0 heterocycles. The van der Waals surface area contributed by atoms with Crippen LogP contribution in [0.25, 0.3) is 6.08 Å². The van der Waals surface area contributed by atoms with E-state index in [9.17, 15) is 26.4 Å². The van der Waals surface area contributed by atoms with Crippen molar-refractivity contribution in [3.8, 4) is 5.75 Å². The predicted octanol–water partition coefficient (Wildman–Crippen LogP) is 5.58. The van der Waals surface area contributed by atoms with Crippen LogP contribution in [0.2, 0.25) is 0 Å². The van der Waals surface area contributed by atoms with Gasteiger partial charge in [0.1, 0.15) is 12.4 Å². The van der Waals surface area contributed by atoms with Crippen molar-refractivity contribution < 1.29 is 36.2 Å². The number of benzene rings is 2. The number of sulfonamides is 1. The average molecular weight is 500 g/mol. The SMILES string of the molecule is CCCS(=O)(=O)N(CC(C)C)c1ccc(C(F)(F)F)cc1OCc1ccc(/C=C/C(=O)O)cc1. The fraction of sp³-hybridized carbons (Fsp3) is 0.375. The second-order valence-electron chi connectivity index (χ2n) is 8.12. The summed E-state index contributed by atoms with van der Waals surface area (Å²) in [5, 5.41) is 8.70. The standard InChI is InChI=1S/C24H28F3NO5S/c1-4-13-34(31,32)28(15-17(2)3)21-11-10-20(24(25,26)27)14-22(21)33-16-19-7-5-18(6-8-19)9-12-23(29)30/h5-12,14,17H,4,13,15-16H2,1-3H3,(H,29,30)/b12-9+. The van der Waals surface area contributed by atoms with Crippen LogP contribution in [0.3, 0.4) is 0 Å². The van der Waals surface area contributed by atoms with Crippen molar-refractivity contribution in [2.45, 2.75) is 40.0 Å². The summed E-state index contributed by atoms with van der Waals surface area (Å²) in [5.41, 5.74) is 0.344. The summed E-state index contributed by atoms with van der Waals surface area (Å²) < 4.78 is 72.8. The number of nitrogens with zero attached hydrogens (tertiary/aromatic N) is 1. The Morgan fingerprint density at radius 1 is 1.15 bits per heavy atom. The molecule has 0 fully saturated rings. The summed E-state index contributed by atoms with van der Waals surface area (Å²) in [4.78, 5) is 10.6. The van der Waals surface area contributed by atoms with E-state index in [0.717, 1.165) is 28.6 Å². The molecule has 0 spiro atoms. The fourth-order valence-electron chi connectivity index (χ4n) is 3.13. The first-order valence-electron chi connectivity index (χ1n) is 10.7. The minimum Gasteiger partial charge on any atom is -0.487 e. The molecule has 0 atom stereocenters. The van der Waals surface area contributed by atoms with E-state index < -0.39 is 27.7 Å². The molecule has 2 rings (SSSR count). The molecule has 0 saturated carbocycles. The Bertz CT molecular complexity index is 1110. The Hall–Kier alpha value is -3.01. The second-order valence-corrected chi connectivity index (χ2v) is 10.1. The first kappa shape index (κ1) is 27.2. The van der Waals surface area contributed by atoms with Gasteiger partial charge in [-0.2, -0.15) is 13.2 Å².